The van der Waals surface area contributed by atoms with Crippen molar-refractivity contribution in [3.63, 3.8) is 0 Å². The molecule has 28 heavy (non-hydrogen) atoms. The third kappa shape index (κ3) is 4.49. The number of nitrogens with zero attached hydrogens (tertiary/aromatic N) is 5. The molecule has 1 fully saturated rings. The Hall–Kier alpha value is -2.91. The van der Waals surface area contributed by atoms with E-state index >= 15 is 0 Å². The molecule has 0 unspecified atom stereocenters. The average molecular weight is 390 g/mol. The van der Waals surface area contributed by atoms with Crippen molar-refractivity contribution in [1.82, 2.24) is 30.0 Å². The smallest absolute Gasteiger partial charge is 0.410 e. The Labute approximate surface area is 163 Å². The molecule has 0 aromatic carbocycles. The highest BCUT2D eigenvalue weighted by molar-refractivity contribution is 5.85. The van der Waals surface area contributed by atoms with Gasteiger partial charge in [0.2, 0.25) is 11.8 Å². The molecule has 0 radical (unpaired) electrons. The first-order valence-electron chi connectivity index (χ1n) is 9.31. The van der Waals surface area contributed by atoms with Crippen LogP contribution in [-0.2, 0) is 16.1 Å². The topological polar surface area (TPSA) is 111 Å². The van der Waals surface area contributed by atoms with Gasteiger partial charge in [0.25, 0.3) is 0 Å². The van der Waals surface area contributed by atoms with Crippen molar-refractivity contribution >= 4 is 17.6 Å². The molecular formula is C18H26N6O4. The third-order valence-electron chi connectivity index (χ3n) is 4.37. The van der Waals surface area contributed by atoms with E-state index in [1.165, 1.54) is 16.5 Å². The number of piperidine rings is 1. The minimum absolute atomic E-state index is 0.138. The number of methoxy groups -OCH3 is 1. The zero-order valence-electron chi connectivity index (χ0n) is 16.6. The van der Waals surface area contributed by atoms with Gasteiger partial charge < -0.3 is 14.8 Å². The van der Waals surface area contributed by atoms with Crippen LogP contribution in [0.25, 0.3) is 5.65 Å². The van der Waals surface area contributed by atoms with E-state index in [9.17, 15) is 9.59 Å². The van der Waals surface area contributed by atoms with E-state index in [1.54, 1.807) is 12.1 Å². The predicted octanol–water partition coefficient (Wildman–Crippen LogP) is 1.54. The Kier molecular flexibility index (Phi) is 5.66. The summed E-state index contributed by atoms with van der Waals surface area (Å²) in [6.07, 6.45) is 1.86. The maximum Gasteiger partial charge on any atom is 0.410 e. The van der Waals surface area contributed by atoms with Crippen molar-refractivity contribution < 1.29 is 19.1 Å². The lowest BCUT2D eigenvalue weighted by Gasteiger charge is -2.35. The first kappa shape index (κ1) is 19.8. The number of likely N-dealkylation sites (tertiary alicyclic amines) is 1. The molecule has 0 aliphatic carbocycles. The summed E-state index contributed by atoms with van der Waals surface area (Å²) in [5.41, 5.74) is -0.0566. The van der Waals surface area contributed by atoms with Crippen LogP contribution in [0.15, 0.2) is 12.1 Å². The number of hydrogen-bond donors (Lipinski definition) is 1. The van der Waals surface area contributed by atoms with Gasteiger partial charge in [0.15, 0.2) is 11.5 Å². The molecule has 1 aliphatic rings. The quantitative estimate of drug-likeness (QED) is 0.843. The van der Waals surface area contributed by atoms with Gasteiger partial charge in [-0.2, -0.15) is 4.52 Å². The van der Waals surface area contributed by atoms with Crippen molar-refractivity contribution in [2.45, 2.75) is 58.2 Å². The van der Waals surface area contributed by atoms with Crippen molar-refractivity contribution in [3.8, 4) is 5.88 Å². The first-order chi connectivity index (χ1) is 13.3. The van der Waals surface area contributed by atoms with Gasteiger partial charge >= 0.3 is 6.09 Å². The number of ether oxygens (including phenoxy) is 2. The second kappa shape index (κ2) is 7.99. The monoisotopic (exact) mass is 390 g/mol. The van der Waals surface area contributed by atoms with Gasteiger partial charge in [-0.3, -0.25) is 9.69 Å². The molecule has 0 saturated carbocycles. The summed E-state index contributed by atoms with van der Waals surface area (Å²) in [6.45, 7) is 6.06. The molecule has 0 spiro atoms. The highest BCUT2D eigenvalue weighted by Gasteiger charge is 2.34. The maximum absolute atomic E-state index is 12.8. The van der Waals surface area contributed by atoms with Crippen molar-refractivity contribution in [2.75, 3.05) is 13.7 Å². The summed E-state index contributed by atoms with van der Waals surface area (Å²) in [5.74, 6) is 0.648. The van der Waals surface area contributed by atoms with Gasteiger partial charge in [-0.25, -0.2) is 4.79 Å². The summed E-state index contributed by atoms with van der Waals surface area (Å²) in [6, 6.07) is 2.85. The molecule has 2 amide bonds. The standard InChI is InChI=1S/C18H26N6O4/c1-18(2,3)28-17(26)23-10-6-5-7-12(23)16(25)19-11-14-21-20-13-8-9-15(27-4)22-24(13)14/h8-9,12H,5-7,10-11H2,1-4H3,(H,19,25)/t12-/m1/s1. The Morgan fingerprint density at radius 1 is 1.25 bits per heavy atom. The van der Waals surface area contributed by atoms with E-state index in [2.05, 4.69) is 20.6 Å². The molecule has 2 aromatic heterocycles. The number of fused-ring (bicyclic) bond motifs is 1. The Morgan fingerprint density at radius 2 is 2.04 bits per heavy atom. The highest BCUT2D eigenvalue weighted by atomic mass is 16.6. The molecule has 1 saturated heterocycles. The largest absolute Gasteiger partial charge is 0.480 e. The van der Waals surface area contributed by atoms with Crippen LogP contribution in [0.4, 0.5) is 4.79 Å². The summed E-state index contributed by atoms with van der Waals surface area (Å²) in [5, 5.41) is 15.2. The fraction of sp³-hybridized carbons (Fsp3) is 0.611. The molecule has 2 aromatic rings. The molecule has 0 bridgehead atoms. The van der Waals surface area contributed by atoms with E-state index in [0.717, 1.165) is 12.8 Å². The lowest BCUT2D eigenvalue weighted by Crippen LogP contribution is -2.53. The summed E-state index contributed by atoms with van der Waals surface area (Å²) in [7, 11) is 1.52. The number of nitrogens with one attached hydrogen (secondary N) is 1. The lowest BCUT2D eigenvalue weighted by atomic mass is 10.0. The van der Waals surface area contributed by atoms with Crippen LogP contribution < -0.4 is 10.1 Å². The Balaban J connectivity index is 1.68. The minimum Gasteiger partial charge on any atom is -0.480 e. The second-order valence-corrected chi connectivity index (χ2v) is 7.67. The first-order valence-corrected chi connectivity index (χ1v) is 9.31. The van der Waals surface area contributed by atoms with Gasteiger partial charge in [-0.1, -0.05) is 0 Å². The SMILES string of the molecule is COc1ccc2nnc(CNC(=O)[C@H]3CCCCN3C(=O)OC(C)(C)C)n2n1. The molecule has 10 nitrogen and oxygen atoms in total. The van der Waals surface area contributed by atoms with Crippen LogP contribution >= 0.6 is 0 Å². The Morgan fingerprint density at radius 3 is 2.75 bits per heavy atom. The number of carbonyl (C=O) groups excluding carboxylic acids is 2. The number of aromatic nitrogens is 4. The summed E-state index contributed by atoms with van der Waals surface area (Å²) in [4.78, 5) is 26.8. The fourth-order valence-electron chi connectivity index (χ4n) is 3.06. The molecule has 3 rings (SSSR count). The average Bonchev–Trinajstić information content (AvgIpc) is 3.06. The molecule has 152 valence electrons. The van der Waals surface area contributed by atoms with Crippen molar-refractivity contribution in [2.24, 2.45) is 0 Å². The fourth-order valence-corrected chi connectivity index (χ4v) is 3.06. The maximum atomic E-state index is 12.8. The van der Waals surface area contributed by atoms with E-state index in [1.807, 2.05) is 20.8 Å². The molecule has 3 heterocycles. The van der Waals surface area contributed by atoms with Gasteiger partial charge in [-0.05, 0) is 46.1 Å². The van der Waals surface area contributed by atoms with Gasteiger partial charge in [-0.15, -0.1) is 15.3 Å². The van der Waals surface area contributed by atoms with E-state index < -0.39 is 17.7 Å². The van der Waals surface area contributed by atoms with Crippen LogP contribution in [0.1, 0.15) is 45.9 Å². The normalized spacial score (nSPS) is 17.4. The van der Waals surface area contributed by atoms with Gasteiger partial charge in [0.05, 0.1) is 13.7 Å². The van der Waals surface area contributed by atoms with Crippen molar-refractivity contribution in [1.29, 1.82) is 0 Å². The second-order valence-electron chi connectivity index (χ2n) is 7.67. The summed E-state index contributed by atoms with van der Waals surface area (Å²) < 4.78 is 12.1. The van der Waals surface area contributed by atoms with Crippen LogP contribution in [0.3, 0.4) is 0 Å². The zero-order chi connectivity index (χ0) is 20.3. The van der Waals surface area contributed by atoms with Crippen LogP contribution in [0, 0.1) is 0 Å². The lowest BCUT2D eigenvalue weighted by molar-refractivity contribution is -0.127. The van der Waals surface area contributed by atoms with Crippen molar-refractivity contribution in [3.05, 3.63) is 18.0 Å². The Bertz CT molecular complexity index is 859. The van der Waals surface area contributed by atoms with Gasteiger partial charge in [0, 0.05) is 12.6 Å². The van der Waals surface area contributed by atoms with Crippen LogP contribution in [0.2, 0.25) is 0 Å². The third-order valence-corrected chi connectivity index (χ3v) is 4.37. The molecule has 1 atom stereocenters. The minimum atomic E-state index is -0.610. The van der Waals surface area contributed by atoms with E-state index in [4.69, 9.17) is 9.47 Å². The molecule has 10 heteroatoms. The number of amides is 2. The molecule has 1 aliphatic heterocycles. The van der Waals surface area contributed by atoms with E-state index in [0.29, 0.717) is 30.3 Å². The summed E-state index contributed by atoms with van der Waals surface area (Å²) >= 11 is 0. The van der Waals surface area contributed by atoms with Crippen LogP contribution in [0.5, 0.6) is 5.88 Å². The van der Waals surface area contributed by atoms with Gasteiger partial charge in [0.1, 0.15) is 11.6 Å². The predicted molar refractivity (Wildman–Crippen MR) is 99.8 cm³/mol. The zero-order valence-corrected chi connectivity index (χ0v) is 16.6. The number of rotatable bonds is 4. The molecular weight excluding hydrogens is 364 g/mol. The highest BCUT2D eigenvalue weighted by Crippen LogP contribution is 2.20. The molecule has 1 N–H and O–H groups in total. The number of carbonyl (C=O) groups is 2. The van der Waals surface area contributed by atoms with E-state index in [-0.39, 0.29) is 12.5 Å². The van der Waals surface area contributed by atoms with Crippen LogP contribution in [-0.4, -0.2) is 62.0 Å². The number of hydrogen-bond acceptors (Lipinski definition) is 7.